The van der Waals surface area contributed by atoms with E-state index in [2.05, 4.69) is 15.9 Å². The van der Waals surface area contributed by atoms with E-state index in [1.54, 1.807) is 0 Å². The topological polar surface area (TPSA) is 87.0 Å². The first-order chi connectivity index (χ1) is 8.01. The molecule has 0 heterocycles. The Kier molecular flexibility index (Phi) is 4.92. The lowest BCUT2D eigenvalue weighted by molar-refractivity contribution is 0.0341. The number of carboxylic acids is 1. The average molecular weight is 305 g/mol. The molecular weight excluding hydrogens is 292 g/mol. The predicted molar refractivity (Wildman–Crippen MR) is 64.7 cm³/mol. The molecule has 2 unspecified atom stereocenters. The summed E-state index contributed by atoms with van der Waals surface area (Å²) < 4.78 is 4.93. The summed E-state index contributed by atoms with van der Waals surface area (Å²) in [5.41, 5.74) is 0.413. The zero-order valence-electron chi connectivity index (χ0n) is 9.13. The number of alkyl halides is 1. The zero-order chi connectivity index (χ0) is 13.0. The Balaban J connectivity index is 3.09. The number of aliphatic hydroxyl groups is 2. The molecule has 2 atom stereocenters. The van der Waals surface area contributed by atoms with E-state index in [1.807, 2.05) is 0 Å². The quantitative estimate of drug-likeness (QED) is 0.711. The minimum Gasteiger partial charge on any atom is -0.496 e. The number of methoxy groups -OCH3 is 1. The number of hydrogen-bond donors (Lipinski definition) is 3. The summed E-state index contributed by atoms with van der Waals surface area (Å²) >= 11 is 3.05. The van der Waals surface area contributed by atoms with Crippen molar-refractivity contribution in [2.75, 3.05) is 12.4 Å². The highest BCUT2D eigenvalue weighted by Crippen LogP contribution is 2.26. The third kappa shape index (κ3) is 3.18. The molecule has 0 spiro atoms. The number of hydrogen-bond acceptors (Lipinski definition) is 4. The van der Waals surface area contributed by atoms with Crippen LogP contribution in [0.5, 0.6) is 5.75 Å². The van der Waals surface area contributed by atoms with Crippen molar-refractivity contribution in [3.05, 3.63) is 29.3 Å². The Labute approximate surface area is 107 Å². The third-order valence-electron chi connectivity index (χ3n) is 2.32. The number of ether oxygens (including phenoxy) is 1. The summed E-state index contributed by atoms with van der Waals surface area (Å²) in [4.78, 5) is 10.9. The Bertz CT molecular complexity index is 407. The average Bonchev–Trinajstić information content (AvgIpc) is 2.35. The smallest absolute Gasteiger partial charge is 0.339 e. The zero-order valence-corrected chi connectivity index (χ0v) is 10.7. The molecule has 0 aliphatic rings. The Morgan fingerprint density at radius 1 is 1.47 bits per heavy atom. The van der Waals surface area contributed by atoms with E-state index in [0.717, 1.165) is 0 Å². The molecule has 0 aliphatic carbocycles. The number of carbonyl (C=O) groups is 1. The molecule has 0 saturated heterocycles. The highest BCUT2D eigenvalue weighted by molar-refractivity contribution is 9.09. The second-order valence-corrected chi connectivity index (χ2v) is 4.08. The molecule has 6 heteroatoms. The van der Waals surface area contributed by atoms with Gasteiger partial charge >= 0.3 is 5.97 Å². The highest BCUT2D eigenvalue weighted by atomic mass is 79.9. The van der Waals surface area contributed by atoms with Gasteiger partial charge in [0.15, 0.2) is 0 Å². The first-order valence-electron chi connectivity index (χ1n) is 4.84. The van der Waals surface area contributed by atoms with Gasteiger partial charge in [0.1, 0.15) is 17.4 Å². The van der Waals surface area contributed by atoms with Crippen molar-refractivity contribution in [2.45, 2.75) is 12.2 Å². The second-order valence-electron chi connectivity index (χ2n) is 3.43. The van der Waals surface area contributed by atoms with E-state index in [0.29, 0.717) is 5.56 Å². The summed E-state index contributed by atoms with van der Waals surface area (Å²) in [5.74, 6) is -0.959. The molecule has 0 aromatic heterocycles. The molecule has 0 fully saturated rings. The second kappa shape index (κ2) is 6.00. The lowest BCUT2D eigenvalue weighted by atomic mass is 10.0. The van der Waals surface area contributed by atoms with E-state index in [-0.39, 0.29) is 16.6 Å². The molecule has 1 aromatic carbocycles. The van der Waals surface area contributed by atoms with Crippen LogP contribution in [-0.4, -0.2) is 39.8 Å². The minimum atomic E-state index is -1.11. The van der Waals surface area contributed by atoms with Crippen LogP contribution in [0.15, 0.2) is 18.2 Å². The molecule has 3 N–H and O–H groups in total. The fourth-order valence-electron chi connectivity index (χ4n) is 1.37. The first-order valence-corrected chi connectivity index (χ1v) is 5.96. The molecular formula is C11H13BrO5. The number of halogens is 1. The molecule has 0 amide bonds. The van der Waals surface area contributed by atoms with Crippen LogP contribution < -0.4 is 4.74 Å². The van der Waals surface area contributed by atoms with Crippen LogP contribution in [0.25, 0.3) is 0 Å². The normalized spacial score (nSPS) is 14.1. The summed E-state index contributed by atoms with van der Waals surface area (Å²) in [6, 6.07) is 4.18. The van der Waals surface area contributed by atoms with Gasteiger partial charge in [-0.1, -0.05) is 22.0 Å². The molecule has 1 aromatic rings. The number of aliphatic hydroxyl groups excluding tert-OH is 2. The van der Waals surface area contributed by atoms with Gasteiger partial charge in [0.05, 0.1) is 13.2 Å². The lowest BCUT2D eigenvalue weighted by Gasteiger charge is -2.17. The number of carboxylic acid groups (broad SMARTS) is 1. The maximum Gasteiger partial charge on any atom is 0.339 e. The van der Waals surface area contributed by atoms with Crippen LogP contribution >= 0.6 is 15.9 Å². The molecule has 0 aliphatic heterocycles. The van der Waals surface area contributed by atoms with Gasteiger partial charge < -0.3 is 20.1 Å². The van der Waals surface area contributed by atoms with Crippen molar-refractivity contribution < 1.29 is 24.9 Å². The first kappa shape index (κ1) is 14.0. The number of aromatic carboxylic acids is 1. The van der Waals surface area contributed by atoms with Crippen LogP contribution in [0.1, 0.15) is 22.0 Å². The standard InChI is InChI=1S/C11H13BrO5/c1-17-9-4-6(10(14)8(13)5-12)2-3-7(9)11(15)16/h2-4,8,10,13-14H,5H2,1H3,(H,15,16). The molecule has 0 bridgehead atoms. The largest absolute Gasteiger partial charge is 0.496 e. The summed E-state index contributed by atoms with van der Waals surface area (Å²) in [5, 5.41) is 28.3. The van der Waals surface area contributed by atoms with Crippen molar-refractivity contribution in [3.63, 3.8) is 0 Å². The van der Waals surface area contributed by atoms with E-state index in [1.165, 1.54) is 25.3 Å². The van der Waals surface area contributed by atoms with Gasteiger partial charge in [-0.2, -0.15) is 0 Å². The monoisotopic (exact) mass is 304 g/mol. The number of benzene rings is 1. The van der Waals surface area contributed by atoms with Crippen LogP contribution in [0.3, 0.4) is 0 Å². The van der Waals surface area contributed by atoms with Gasteiger partial charge in [-0.25, -0.2) is 4.79 Å². The van der Waals surface area contributed by atoms with E-state index < -0.39 is 18.2 Å². The van der Waals surface area contributed by atoms with Gasteiger partial charge in [-0.15, -0.1) is 0 Å². The summed E-state index contributed by atoms with van der Waals surface area (Å²) in [6.45, 7) is 0. The van der Waals surface area contributed by atoms with Crippen LogP contribution in [0.2, 0.25) is 0 Å². The number of rotatable bonds is 5. The maximum atomic E-state index is 10.9. The van der Waals surface area contributed by atoms with Gasteiger partial charge in [0.2, 0.25) is 0 Å². The molecule has 5 nitrogen and oxygen atoms in total. The fourth-order valence-corrected chi connectivity index (χ4v) is 1.73. The van der Waals surface area contributed by atoms with Gasteiger partial charge in [-0.3, -0.25) is 0 Å². The van der Waals surface area contributed by atoms with E-state index >= 15 is 0 Å². The fraction of sp³-hybridized carbons (Fsp3) is 0.364. The van der Waals surface area contributed by atoms with Crippen LogP contribution in [0.4, 0.5) is 0 Å². The van der Waals surface area contributed by atoms with Crippen molar-refractivity contribution in [2.24, 2.45) is 0 Å². The molecule has 0 radical (unpaired) electrons. The highest BCUT2D eigenvalue weighted by Gasteiger charge is 2.20. The van der Waals surface area contributed by atoms with Gasteiger partial charge in [0.25, 0.3) is 0 Å². The van der Waals surface area contributed by atoms with Crippen LogP contribution in [-0.2, 0) is 0 Å². The SMILES string of the molecule is COc1cc(C(O)C(O)CBr)ccc1C(=O)O. The lowest BCUT2D eigenvalue weighted by Crippen LogP contribution is -2.19. The molecule has 0 saturated carbocycles. The summed E-state index contributed by atoms with van der Waals surface area (Å²) in [7, 11) is 1.35. The molecule has 94 valence electrons. The Morgan fingerprint density at radius 3 is 2.59 bits per heavy atom. The molecule has 17 heavy (non-hydrogen) atoms. The third-order valence-corrected chi connectivity index (χ3v) is 2.98. The Hall–Kier alpha value is -1.11. The Morgan fingerprint density at radius 2 is 2.12 bits per heavy atom. The van der Waals surface area contributed by atoms with Crippen molar-refractivity contribution in [1.29, 1.82) is 0 Å². The van der Waals surface area contributed by atoms with E-state index in [4.69, 9.17) is 9.84 Å². The van der Waals surface area contributed by atoms with Gasteiger partial charge in [-0.05, 0) is 17.7 Å². The maximum absolute atomic E-state index is 10.9. The van der Waals surface area contributed by atoms with Crippen molar-refractivity contribution in [3.8, 4) is 5.75 Å². The van der Waals surface area contributed by atoms with E-state index in [9.17, 15) is 15.0 Å². The predicted octanol–water partition coefficient (Wildman–Crippen LogP) is 1.18. The van der Waals surface area contributed by atoms with Crippen molar-refractivity contribution in [1.82, 2.24) is 0 Å². The van der Waals surface area contributed by atoms with Crippen LogP contribution in [0, 0.1) is 0 Å². The minimum absolute atomic E-state index is 0.0109. The van der Waals surface area contributed by atoms with Crippen molar-refractivity contribution >= 4 is 21.9 Å². The van der Waals surface area contributed by atoms with Gasteiger partial charge in [0, 0.05) is 5.33 Å². The summed E-state index contributed by atoms with van der Waals surface area (Å²) in [6.07, 6.45) is -2.05. The molecule has 1 rings (SSSR count).